The predicted octanol–water partition coefficient (Wildman–Crippen LogP) is 3.02. The van der Waals surface area contributed by atoms with Crippen molar-refractivity contribution >= 4 is 23.6 Å². The molecule has 6 rings (SSSR count). The summed E-state index contributed by atoms with van der Waals surface area (Å²) in [4.78, 5) is 26.4. The molecule has 30 heavy (non-hydrogen) atoms. The van der Waals surface area contributed by atoms with Crippen molar-refractivity contribution in [1.82, 2.24) is 10.2 Å². The van der Waals surface area contributed by atoms with E-state index in [9.17, 15) is 14.0 Å². The number of carbonyl (C=O) groups excluding carboxylic acids is 2. The van der Waals surface area contributed by atoms with Crippen LogP contribution in [-0.4, -0.2) is 47.2 Å². The lowest BCUT2D eigenvalue weighted by Crippen LogP contribution is -2.84. The lowest BCUT2D eigenvalue weighted by molar-refractivity contribution is -0.167. The van der Waals surface area contributed by atoms with E-state index in [-0.39, 0.29) is 58.4 Å². The van der Waals surface area contributed by atoms with Gasteiger partial charge < -0.3 is 14.8 Å². The van der Waals surface area contributed by atoms with Gasteiger partial charge in [-0.2, -0.15) is 5.26 Å². The summed E-state index contributed by atoms with van der Waals surface area (Å²) in [6, 6.07) is 6.28. The third-order valence-electron chi connectivity index (χ3n) is 6.96. The summed E-state index contributed by atoms with van der Waals surface area (Å²) in [5.41, 5.74) is -0.524. The highest BCUT2D eigenvalue weighted by Crippen LogP contribution is 2.64. The first kappa shape index (κ1) is 19.4. The Morgan fingerprint density at radius 2 is 2.13 bits per heavy atom. The molecular formula is C21H21ClFN3O4. The van der Waals surface area contributed by atoms with Crippen molar-refractivity contribution in [3.8, 4) is 11.8 Å². The van der Waals surface area contributed by atoms with Crippen LogP contribution in [0.1, 0.15) is 32.1 Å². The van der Waals surface area contributed by atoms with Crippen molar-refractivity contribution in [2.75, 3.05) is 13.2 Å². The van der Waals surface area contributed by atoms with Gasteiger partial charge in [0.1, 0.15) is 17.7 Å². The van der Waals surface area contributed by atoms with Gasteiger partial charge in [-0.15, -0.1) is 0 Å². The highest BCUT2D eigenvalue weighted by Gasteiger charge is 2.73. The van der Waals surface area contributed by atoms with Gasteiger partial charge in [-0.05, 0) is 44.2 Å². The molecule has 0 radical (unpaired) electrons. The van der Waals surface area contributed by atoms with Gasteiger partial charge in [-0.1, -0.05) is 11.6 Å². The first-order chi connectivity index (χ1) is 14.3. The highest BCUT2D eigenvalue weighted by atomic mass is 35.5. The van der Waals surface area contributed by atoms with Gasteiger partial charge in [-0.3, -0.25) is 9.69 Å². The number of nitrogens with one attached hydrogen (secondary N) is 1. The zero-order valence-electron chi connectivity index (χ0n) is 16.2. The van der Waals surface area contributed by atoms with E-state index < -0.39 is 5.82 Å². The number of carbonyl (C=O) groups is 2. The molecule has 1 aromatic rings. The Balaban J connectivity index is 1.09. The third kappa shape index (κ3) is 3.07. The molecule has 9 heteroatoms. The van der Waals surface area contributed by atoms with Crippen molar-refractivity contribution in [1.29, 1.82) is 5.26 Å². The second-order valence-corrected chi connectivity index (χ2v) is 9.45. The van der Waals surface area contributed by atoms with Crippen molar-refractivity contribution in [3.05, 3.63) is 29.0 Å². The molecule has 5 fully saturated rings. The minimum Gasteiger partial charge on any atom is -0.484 e. The zero-order chi connectivity index (χ0) is 21.1. The summed E-state index contributed by atoms with van der Waals surface area (Å²) in [5, 5.41) is 11.9. The van der Waals surface area contributed by atoms with Crippen LogP contribution in [0.5, 0.6) is 5.75 Å². The smallest absolute Gasteiger partial charge is 0.410 e. The summed E-state index contributed by atoms with van der Waals surface area (Å²) in [6.07, 6.45) is 3.29. The van der Waals surface area contributed by atoms with Crippen LogP contribution >= 0.6 is 11.6 Å². The second-order valence-electron chi connectivity index (χ2n) is 9.04. The minimum absolute atomic E-state index is 0.00386. The average molecular weight is 434 g/mol. The van der Waals surface area contributed by atoms with Crippen LogP contribution in [0.2, 0.25) is 5.02 Å². The number of hydrogen-bond donors (Lipinski definition) is 1. The topological polar surface area (TPSA) is 91.7 Å². The molecule has 158 valence electrons. The highest BCUT2D eigenvalue weighted by molar-refractivity contribution is 6.30. The van der Waals surface area contributed by atoms with E-state index >= 15 is 0 Å². The van der Waals surface area contributed by atoms with Crippen LogP contribution in [-0.2, 0) is 9.53 Å². The maximum absolute atomic E-state index is 13.4. The number of ether oxygens (including phenoxy) is 2. The molecule has 4 aliphatic carbocycles. The molecule has 1 saturated heterocycles. The number of halogens is 2. The van der Waals surface area contributed by atoms with E-state index in [4.69, 9.17) is 26.3 Å². The van der Waals surface area contributed by atoms with Gasteiger partial charge in [0, 0.05) is 23.4 Å². The fraction of sp³-hybridized carbons (Fsp3) is 0.571. The van der Waals surface area contributed by atoms with Crippen molar-refractivity contribution in [2.45, 2.75) is 49.3 Å². The summed E-state index contributed by atoms with van der Waals surface area (Å²) in [7, 11) is 0. The number of rotatable bonds is 6. The third-order valence-corrected chi connectivity index (χ3v) is 7.27. The molecule has 1 atom stereocenters. The molecule has 1 heterocycles. The quantitative estimate of drug-likeness (QED) is 0.744. The van der Waals surface area contributed by atoms with Crippen molar-refractivity contribution < 1.29 is 23.5 Å². The standard InChI is InChI=1S/C21H21ClFN3O4/c22-15-2-1-14(5-16(15)23)29-8-18(27)25-20-9-21(10-20,11-20)26-7-17(30-19(26)28)13-3-12(4-13)6-24/h1-2,5,12-13,17H,3-4,7-11H2,(H,25,27). The fourth-order valence-electron chi connectivity index (χ4n) is 5.39. The van der Waals surface area contributed by atoms with Crippen LogP contribution < -0.4 is 10.1 Å². The van der Waals surface area contributed by atoms with Gasteiger partial charge in [0.15, 0.2) is 6.61 Å². The SMILES string of the molecule is N#CC1CC(C2CN(C34CC(NC(=O)COc5ccc(Cl)c(F)c5)(C3)C4)C(=O)O2)C1. The van der Waals surface area contributed by atoms with E-state index in [2.05, 4.69) is 11.4 Å². The molecule has 1 aliphatic heterocycles. The fourth-order valence-corrected chi connectivity index (χ4v) is 5.51. The summed E-state index contributed by atoms with van der Waals surface area (Å²) in [5.74, 6) is -0.279. The molecule has 4 saturated carbocycles. The normalized spacial score (nSPS) is 36.0. The predicted molar refractivity (Wildman–Crippen MR) is 103 cm³/mol. The molecule has 2 amide bonds. The lowest BCUT2D eigenvalue weighted by atomic mass is 9.43. The van der Waals surface area contributed by atoms with Gasteiger partial charge in [0.05, 0.1) is 23.2 Å². The molecule has 7 nitrogen and oxygen atoms in total. The molecule has 1 aromatic carbocycles. The Hall–Kier alpha value is -2.53. The summed E-state index contributed by atoms with van der Waals surface area (Å²) in [6.45, 7) is 0.350. The van der Waals surface area contributed by atoms with Crippen LogP contribution in [0.3, 0.4) is 0 Å². The largest absolute Gasteiger partial charge is 0.484 e. The summed E-state index contributed by atoms with van der Waals surface area (Å²) >= 11 is 5.63. The Morgan fingerprint density at radius 1 is 1.40 bits per heavy atom. The first-order valence-electron chi connectivity index (χ1n) is 10.1. The molecular weight excluding hydrogens is 413 g/mol. The second kappa shape index (κ2) is 6.74. The molecule has 1 unspecified atom stereocenters. The van der Waals surface area contributed by atoms with E-state index in [1.54, 1.807) is 0 Å². The van der Waals surface area contributed by atoms with Crippen molar-refractivity contribution in [3.63, 3.8) is 0 Å². The maximum atomic E-state index is 13.4. The Bertz CT molecular complexity index is 938. The number of amides is 2. The van der Waals surface area contributed by atoms with Crippen LogP contribution in [0.15, 0.2) is 18.2 Å². The van der Waals surface area contributed by atoms with Crippen molar-refractivity contribution in [2.24, 2.45) is 11.8 Å². The molecule has 0 spiro atoms. The van der Waals surface area contributed by atoms with Crippen LogP contribution in [0.25, 0.3) is 0 Å². The first-order valence-corrected chi connectivity index (χ1v) is 10.5. The number of benzene rings is 1. The van der Waals surface area contributed by atoms with Gasteiger partial charge >= 0.3 is 6.09 Å². The Kier molecular flexibility index (Phi) is 4.37. The van der Waals surface area contributed by atoms with E-state index in [0.717, 1.165) is 18.9 Å². The number of nitriles is 1. The van der Waals surface area contributed by atoms with Crippen LogP contribution in [0.4, 0.5) is 9.18 Å². The molecule has 2 bridgehead atoms. The Labute approximate surface area is 178 Å². The van der Waals surface area contributed by atoms with Gasteiger partial charge in [0.2, 0.25) is 0 Å². The van der Waals surface area contributed by atoms with E-state index in [1.165, 1.54) is 12.1 Å². The van der Waals surface area contributed by atoms with E-state index in [0.29, 0.717) is 25.8 Å². The Morgan fingerprint density at radius 3 is 2.80 bits per heavy atom. The number of nitrogens with zero attached hydrogens (tertiary/aromatic N) is 2. The summed E-state index contributed by atoms with van der Waals surface area (Å²) < 4.78 is 24.3. The number of hydrogen-bond acceptors (Lipinski definition) is 5. The van der Waals surface area contributed by atoms with Gasteiger partial charge in [0.25, 0.3) is 5.91 Å². The van der Waals surface area contributed by atoms with Crippen LogP contribution in [0, 0.1) is 29.0 Å². The van der Waals surface area contributed by atoms with Gasteiger partial charge in [-0.25, -0.2) is 9.18 Å². The molecule has 5 aliphatic rings. The maximum Gasteiger partial charge on any atom is 0.410 e. The monoisotopic (exact) mass is 433 g/mol. The zero-order valence-corrected chi connectivity index (χ0v) is 17.0. The minimum atomic E-state index is -0.600. The lowest BCUT2D eigenvalue weighted by Gasteiger charge is -2.72. The van der Waals surface area contributed by atoms with E-state index in [1.807, 2.05) is 4.90 Å². The molecule has 0 aromatic heterocycles. The average Bonchev–Trinajstić information content (AvgIpc) is 2.98. The number of cyclic esters (lactones) is 1. The molecule has 1 N–H and O–H groups in total.